The van der Waals surface area contributed by atoms with Crippen LogP contribution in [0.3, 0.4) is 0 Å². The molecule has 2 aromatic heterocycles. The fraction of sp³-hybridized carbons (Fsp3) is 0.647. The largest absolute Gasteiger partial charge is 0.444 e. The third-order valence-electron chi connectivity index (χ3n) is 4.93. The van der Waals surface area contributed by atoms with Crippen LogP contribution in [0.2, 0.25) is 0 Å². The predicted molar refractivity (Wildman–Crippen MR) is 83.6 cm³/mol. The first-order chi connectivity index (χ1) is 10.8. The maximum Gasteiger partial charge on any atom is 0.197 e. The molecule has 0 N–H and O–H groups in total. The van der Waals surface area contributed by atoms with Crippen LogP contribution in [0.5, 0.6) is 0 Å². The molecule has 0 unspecified atom stereocenters. The number of likely N-dealkylation sites (tertiary alicyclic amines) is 1. The summed E-state index contributed by atoms with van der Waals surface area (Å²) < 4.78 is 8.02. The second kappa shape index (κ2) is 5.88. The third kappa shape index (κ3) is 2.82. The van der Waals surface area contributed by atoms with Gasteiger partial charge in [0.1, 0.15) is 5.76 Å². The van der Waals surface area contributed by atoms with Gasteiger partial charge in [0.2, 0.25) is 0 Å². The lowest BCUT2D eigenvalue weighted by atomic mass is 9.93. The van der Waals surface area contributed by atoms with Gasteiger partial charge in [-0.1, -0.05) is 0 Å². The molecule has 1 aliphatic heterocycles. The molecule has 5 heteroatoms. The van der Waals surface area contributed by atoms with Crippen LogP contribution in [0.25, 0.3) is 0 Å². The Morgan fingerprint density at radius 1 is 1.18 bits per heavy atom. The van der Waals surface area contributed by atoms with Crippen LogP contribution in [-0.4, -0.2) is 32.8 Å². The van der Waals surface area contributed by atoms with Gasteiger partial charge in [-0.15, -0.1) is 0 Å². The van der Waals surface area contributed by atoms with E-state index in [1.54, 1.807) is 0 Å². The Hall–Kier alpha value is -1.62. The van der Waals surface area contributed by atoms with Crippen LogP contribution in [0.15, 0.2) is 22.9 Å². The lowest BCUT2D eigenvalue weighted by molar-refractivity contribution is 0.186. The number of hydrogen-bond donors (Lipinski definition) is 0. The minimum absolute atomic E-state index is 0.605. The second-order valence-corrected chi connectivity index (χ2v) is 6.56. The SMILES string of the molecule is CCn1nccc1C1CCN(Cc2cnc(C3CC3)o2)CC1. The molecule has 22 heavy (non-hydrogen) atoms. The normalized spacial score (nSPS) is 20.6. The fourth-order valence-corrected chi connectivity index (χ4v) is 3.48. The Kier molecular flexibility index (Phi) is 3.74. The van der Waals surface area contributed by atoms with Crippen molar-refractivity contribution in [2.75, 3.05) is 13.1 Å². The van der Waals surface area contributed by atoms with Gasteiger partial charge in [0.05, 0.1) is 12.7 Å². The summed E-state index contributed by atoms with van der Waals surface area (Å²) in [7, 11) is 0. The van der Waals surface area contributed by atoms with Crippen molar-refractivity contribution in [3.05, 3.63) is 35.8 Å². The number of rotatable bonds is 5. The zero-order chi connectivity index (χ0) is 14.9. The van der Waals surface area contributed by atoms with Crippen molar-refractivity contribution in [3.63, 3.8) is 0 Å². The molecule has 0 aromatic carbocycles. The molecular formula is C17H24N4O. The van der Waals surface area contributed by atoms with Crippen LogP contribution in [0, 0.1) is 0 Å². The van der Waals surface area contributed by atoms with Gasteiger partial charge in [0.15, 0.2) is 5.89 Å². The Labute approximate surface area is 131 Å². The van der Waals surface area contributed by atoms with Crippen molar-refractivity contribution in [2.24, 2.45) is 0 Å². The van der Waals surface area contributed by atoms with Gasteiger partial charge in [-0.3, -0.25) is 9.58 Å². The quantitative estimate of drug-likeness (QED) is 0.851. The molecule has 2 aromatic rings. The predicted octanol–water partition coefficient (Wildman–Crippen LogP) is 3.15. The lowest BCUT2D eigenvalue weighted by Crippen LogP contribution is -2.33. The molecule has 4 rings (SSSR count). The first kappa shape index (κ1) is 14.0. The van der Waals surface area contributed by atoms with Crippen LogP contribution in [0.4, 0.5) is 0 Å². The summed E-state index contributed by atoms with van der Waals surface area (Å²) in [6, 6.07) is 2.18. The van der Waals surface area contributed by atoms with Gasteiger partial charge in [-0.25, -0.2) is 4.98 Å². The molecule has 3 heterocycles. The van der Waals surface area contributed by atoms with Crippen LogP contribution >= 0.6 is 0 Å². The highest BCUT2D eigenvalue weighted by Crippen LogP contribution is 2.39. The topological polar surface area (TPSA) is 47.1 Å². The van der Waals surface area contributed by atoms with E-state index in [1.165, 1.54) is 31.4 Å². The molecule has 118 valence electrons. The smallest absolute Gasteiger partial charge is 0.197 e. The molecule has 0 spiro atoms. The molecule has 2 fully saturated rings. The molecule has 0 atom stereocenters. The summed E-state index contributed by atoms with van der Waals surface area (Å²) in [5, 5.41) is 4.40. The van der Waals surface area contributed by atoms with E-state index in [4.69, 9.17) is 4.42 Å². The van der Waals surface area contributed by atoms with E-state index in [2.05, 4.69) is 32.7 Å². The standard InChI is InChI=1S/C17H24N4O/c1-2-21-16(5-8-19-21)13-6-9-20(10-7-13)12-15-11-18-17(22-15)14-3-4-14/h5,8,11,13-14H,2-4,6-7,9-10,12H2,1H3. The van der Waals surface area contributed by atoms with E-state index >= 15 is 0 Å². The van der Waals surface area contributed by atoms with Crippen molar-refractivity contribution < 1.29 is 4.42 Å². The average molecular weight is 300 g/mol. The van der Waals surface area contributed by atoms with Crippen molar-refractivity contribution in [1.29, 1.82) is 0 Å². The maximum absolute atomic E-state index is 5.88. The number of aryl methyl sites for hydroxylation is 1. The van der Waals surface area contributed by atoms with Crippen LogP contribution in [-0.2, 0) is 13.1 Å². The molecule has 5 nitrogen and oxygen atoms in total. The minimum atomic E-state index is 0.605. The average Bonchev–Trinajstić information content (AvgIpc) is 3.11. The van der Waals surface area contributed by atoms with Gasteiger partial charge < -0.3 is 4.42 Å². The van der Waals surface area contributed by atoms with Crippen molar-refractivity contribution in [3.8, 4) is 0 Å². The highest BCUT2D eigenvalue weighted by Gasteiger charge is 2.29. The summed E-state index contributed by atoms with van der Waals surface area (Å²) in [4.78, 5) is 6.90. The number of nitrogens with zero attached hydrogens (tertiary/aromatic N) is 4. The van der Waals surface area contributed by atoms with E-state index < -0.39 is 0 Å². The summed E-state index contributed by atoms with van der Waals surface area (Å²) in [5.74, 6) is 3.24. The molecular weight excluding hydrogens is 276 g/mol. The van der Waals surface area contributed by atoms with Crippen LogP contribution < -0.4 is 0 Å². The molecule has 0 radical (unpaired) electrons. The Morgan fingerprint density at radius 3 is 2.73 bits per heavy atom. The summed E-state index contributed by atoms with van der Waals surface area (Å²) in [6.07, 6.45) is 8.75. The van der Waals surface area contributed by atoms with Gasteiger partial charge in [0.25, 0.3) is 0 Å². The van der Waals surface area contributed by atoms with Gasteiger partial charge in [-0.2, -0.15) is 5.10 Å². The Morgan fingerprint density at radius 2 is 2.00 bits per heavy atom. The first-order valence-corrected chi connectivity index (χ1v) is 8.52. The van der Waals surface area contributed by atoms with Gasteiger partial charge in [0, 0.05) is 30.3 Å². The van der Waals surface area contributed by atoms with Gasteiger partial charge >= 0.3 is 0 Å². The van der Waals surface area contributed by atoms with E-state index in [9.17, 15) is 0 Å². The van der Waals surface area contributed by atoms with Crippen LogP contribution in [0.1, 0.15) is 61.8 Å². The molecule has 0 amide bonds. The summed E-state index contributed by atoms with van der Waals surface area (Å²) >= 11 is 0. The molecule has 1 saturated carbocycles. The second-order valence-electron chi connectivity index (χ2n) is 6.56. The monoisotopic (exact) mass is 300 g/mol. The third-order valence-corrected chi connectivity index (χ3v) is 4.93. The van der Waals surface area contributed by atoms with E-state index in [1.807, 2.05) is 12.4 Å². The number of piperidine rings is 1. The lowest BCUT2D eigenvalue weighted by Gasteiger charge is -2.31. The highest BCUT2D eigenvalue weighted by molar-refractivity contribution is 5.10. The number of hydrogen-bond acceptors (Lipinski definition) is 4. The molecule has 1 aliphatic carbocycles. The minimum Gasteiger partial charge on any atom is -0.444 e. The molecule has 1 saturated heterocycles. The molecule has 2 aliphatic rings. The van der Waals surface area contributed by atoms with E-state index in [0.29, 0.717) is 11.8 Å². The summed E-state index contributed by atoms with van der Waals surface area (Å²) in [6.45, 7) is 6.27. The molecule has 0 bridgehead atoms. The van der Waals surface area contributed by atoms with E-state index in [-0.39, 0.29) is 0 Å². The first-order valence-electron chi connectivity index (χ1n) is 8.52. The van der Waals surface area contributed by atoms with Gasteiger partial charge in [-0.05, 0) is 51.8 Å². The zero-order valence-corrected chi connectivity index (χ0v) is 13.2. The number of oxazole rings is 1. The Bertz CT molecular complexity index is 620. The number of aromatic nitrogens is 3. The fourth-order valence-electron chi connectivity index (χ4n) is 3.48. The highest BCUT2D eigenvalue weighted by atomic mass is 16.4. The van der Waals surface area contributed by atoms with Crippen molar-refractivity contribution >= 4 is 0 Å². The van der Waals surface area contributed by atoms with E-state index in [0.717, 1.165) is 37.8 Å². The Balaban J connectivity index is 1.33. The maximum atomic E-state index is 5.88. The van der Waals surface area contributed by atoms with Crippen molar-refractivity contribution in [2.45, 2.75) is 57.5 Å². The van der Waals surface area contributed by atoms with Crippen molar-refractivity contribution in [1.82, 2.24) is 19.7 Å². The zero-order valence-electron chi connectivity index (χ0n) is 13.2. The summed E-state index contributed by atoms with van der Waals surface area (Å²) in [5.41, 5.74) is 1.40.